The molecule has 0 unspecified atom stereocenters. The van der Waals surface area contributed by atoms with E-state index in [9.17, 15) is 0 Å². The van der Waals surface area contributed by atoms with Gasteiger partial charge in [-0.25, -0.2) is 4.98 Å². The number of nitrogens with zero attached hydrogens (tertiary/aromatic N) is 1. The van der Waals surface area contributed by atoms with Crippen molar-refractivity contribution in [2.24, 2.45) is 5.73 Å². The molecule has 0 bridgehead atoms. The first kappa shape index (κ1) is 10.6. The molecule has 0 aliphatic heterocycles. The van der Waals surface area contributed by atoms with Gasteiger partial charge in [-0.05, 0) is 25.2 Å². The molecule has 2 N–H and O–H groups in total. The van der Waals surface area contributed by atoms with Crippen molar-refractivity contribution in [3.05, 3.63) is 54.6 Å². The minimum atomic E-state index is 1.06. The first-order chi connectivity index (χ1) is 7.93. The van der Waals surface area contributed by atoms with Crippen molar-refractivity contribution in [1.29, 1.82) is 0 Å². The summed E-state index contributed by atoms with van der Waals surface area (Å²) in [6, 6.07) is 18.6. The van der Waals surface area contributed by atoms with E-state index in [4.69, 9.17) is 0 Å². The van der Waals surface area contributed by atoms with E-state index in [2.05, 4.69) is 28.9 Å². The van der Waals surface area contributed by atoms with Crippen LogP contribution in [0, 0.1) is 0 Å². The minimum absolute atomic E-state index is 1.06. The number of para-hydroxylation sites is 2. The monoisotopic (exact) mass is 210 g/mol. The standard InChI is InChI=1S/C13H9N.CH5N/c1-3-7-12-10(5-1)9-11-6-2-4-8-13(11)14-12;1-2/h1-9H;2H2,1H3. The number of nitrogens with two attached hydrogens (primary N) is 1. The van der Waals surface area contributed by atoms with Gasteiger partial charge < -0.3 is 5.73 Å². The zero-order valence-corrected chi connectivity index (χ0v) is 9.22. The van der Waals surface area contributed by atoms with E-state index in [0.29, 0.717) is 0 Å². The molecular formula is C14H14N2. The Morgan fingerprint density at radius 3 is 1.69 bits per heavy atom. The molecule has 80 valence electrons. The van der Waals surface area contributed by atoms with Crippen LogP contribution in [0.3, 0.4) is 0 Å². The van der Waals surface area contributed by atoms with E-state index in [1.807, 2.05) is 36.4 Å². The highest BCUT2D eigenvalue weighted by molar-refractivity contribution is 5.92. The van der Waals surface area contributed by atoms with Crippen LogP contribution < -0.4 is 5.73 Å². The average molecular weight is 210 g/mol. The van der Waals surface area contributed by atoms with E-state index < -0.39 is 0 Å². The highest BCUT2D eigenvalue weighted by atomic mass is 14.7. The zero-order valence-electron chi connectivity index (χ0n) is 9.22. The summed E-state index contributed by atoms with van der Waals surface area (Å²) < 4.78 is 0. The quantitative estimate of drug-likeness (QED) is 0.579. The fourth-order valence-electron chi connectivity index (χ4n) is 1.72. The van der Waals surface area contributed by atoms with Gasteiger partial charge in [0, 0.05) is 10.8 Å². The van der Waals surface area contributed by atoms with Crippen molar-refractivity contribution in [3.8, 4) is 0 Å². The number of aromatic nitrogens is 1. The molecule has 1 heterocycles. The van der Waals surface area contributed by atoms with Gasteiger partial charge >= 0.3 is 0 Å². The van der Waals surface area contributed by atoms with Crippen molar-refractivity contribution >= 4 is 21.8 Å². The van der Waals surface area contributed by atoms with Gasteiger partial charge in [0.05, 0.1) is 11.0 Å². The molecule has 1 aromatic heterocycles. The Morgan fingerprint density at radius 2 is 1.19 bits per heavy atom. The third-order valence-corrected chi connectivity index (χ3v) is 2.43. The molecule has 0 aliphatic rings. The third-order valence-electron chi connectivity index (χ3n) is 2.43. The molecule has 3 aromatic rings. The van der Waals surface area contributed by atoms with Crippen molar-refractivity contribution in [1.82, 2.24) is 4.98 Å². The summed E-state index contributed by atoms with van der Waals surface area (Å²) in [5.41, 5.74) is 6.62. The van der Waals surface area contributed by atoms with Crippen LogP contribution in [0.15, 0.2) is 54.6 Å². The highest BCUT2D eigenvalue weighted by Gasteiger charge is 1.96. The maximum Gasteiger partial charge on any atom is 0.0709 e. The molecule has 2 nitrogen and oxygen atoms in total. The Kier molecular flexibility index (Phi) is 3.13. The second-order valence-corrected chi connectivity index (χ2v) is 3.37. The van der Waals surface area contributed by atoms with Crippen molar-refractivity contribution in [2.45, 2.75) is 0 Å². The van der Waals surface area contributed by atoms with Gasteiger partial charge in [0.15, 0.2) is 0 Å². The molecular weight excluding hydrogens is 196 g/mol. The van der Waals surface area contributed by atoms with Crippen LogP contribution in [-0.2, 0) is 0 Å². The zero-order chi connectivity index (χ0) is 11.4. The molecule has 0 spiro atoms. The van der Waals surface area contributed by atoms with Gasteiger partial charge in [0.25, 0.3) is 0 Å². The highest BCUT2D eigenvalue weighted by Crippen LogP contribution is 2.18. The fourth-order valence-corrected chi connectivity index (χ4v) is 1.72. The van der Waals surface area contributed by atoms with Gasteiger partial charge in [0.1, 0.15) is 0 Å². The summed E-state index contributed by atoms with van der Waals surface area (Å²) in [5, 5.41) is 2.40. The molecule has 0 radical (unpaired) electrons. The SMILES string of the molecule is CN.c1ccc2nc3ccccc3cc2c1. The second kappa shape index (κ2) is 4.73. The van der Waals surface area contributed by atoms with Gasteiger partial charge in [-0.15, -0.1) is 0 Å². The molecule has 2 heteroatoms. The van der Waals surface area contributed by atoms with Gasteiger partial charge in [-0.2, -0.15) is 0 Å². The van der Waals surface area contributed by atoms with Crippen molar-refractivity contribution < 1.29 is 0 Å². The predicted octanol–water partition coefficient (Wildman–Crippen LogP) is 2.96. The lowest BCUT2D eigenvalue weighted by atomic mass is 10.1. The first-order valence-electron chi connectivity index (χ1n) is 5.26. The van der Waals surface area contributed by atoms with Crippen LogP contribution in [0.5, 0.6) is 0 Å². The molecule has 0 amide bonds. The maximum absolute atomic E-state index is 4.58. The van der Waals surface area contributed by atoms with Crippen LogP contribution in [0.25, 0.3) is 21.8 Å². The average Bonchev–Trinajstić information content (AvgIpc) is 2.38. The molecule has 0 saturated carbocycles. The molecule has 0 fully saturated rings. The predicted molar refractivity (Wildman–Crippen MR) is 69.4 cm³/mol. The largest absolute Gasteiger partial charge is 0.333 e. The molecule has 2 aromatic carbocycles. The molecule has 0 aliphatic carbocycles. The topological polar surface area (TPSA) is 38.9 Å². The summed E-state index contributed by atoms with van der Waals surface area (Å²) in [6.07, 6.45) is 0. The number of rotatable bonds is 0. The number of pyridine rings is 1. The van der Waals surface area contributed by atoms with Crippen LogP contribution in [0.1, 0.15) is 0 Å². The fraction of sp³-hybridized carbons (Fsp3) is 0.0714. The van der Waals surface area contributed by atoms with Crippen molar-refractivity contribution in [3.63, 3.8) is 0 Å². The number of hydrogen-bond donors (Lipinski definition) is 1. The minimum Gasteiger partial charge on any atom is -0.333 e. The summed E-state index contributed by atoms with van der Waals surface area (Å²) in [4.78, 5) is 4.58. The number of hydrogen-bond acceptors (Lipinski definition) is 2. The Bertz CT molecular complexity index is 497. The second-order valence-electron chi connectivity index (χ2n) is 3.37. The van der Waals surface area contributed by atoms with E-state index >= 15 is 0 Å². The third kappa shape index (κ3) is 1.88. The van der Waals surface area contributed by atoms with Crippen LogP contribution in [0.4, 0.5) is 0 Å². The lowest BCUT2D eigenvalue weighted by molar-refractivity contribution is 1.48. The summed E-state index contributed by atoms with van der Waals surface area (Å²) in [7, 11) is 1.50. The first-order valence-corrected chi connectivity index (χ1v) is 5.26. The Labute approximate surface area is 94.7 Å². The van der Waals surface area contributed by atoms with E-state index in [0.717, 1.165) is 11.0 Å². The van der Waals surface area contributed by atoms with E-state index in [-0.39, 0.29) is 0 Å². The molecule has 0 saturated heterocycles. The van der Waals surface area contributed by atoms with Gasteiger partial charge in [0.2, 0.25) is 0 Å². The number of benzene rings is 2. The van der Waals surface area contributed by atoms with Gasteiger partial charge in [-0.3, -0.25) is 0 Å². The van der Waals surface area contributed by atoms with Gasteiger partial charge in [-0.1, -0.05) is 36.4 Å². The molecule has 0 atom stereocenters. The maximum atomic E-state index is 4.58. The van der Waals surface area contributed by atoms with Crippen LogP contribution in [0.2, 0.25) is 0 Å². The molecule has 16 heavy (non-hydrogen) atoms. The summed E-state index contributed by atoms with van der Waals surface area (Å²) >= 11 is 0. The number of fused-ring (bicyclic) bond motifs is 2. The van der Waals surface area contributed by atoms with Crippen LogP contribution in [-0.4, -0.2) is 12.0 Å². The van der Waals surface area contributed by atoms with Crippen molar-refractivity contribution in [2.75, 3.05) is 7.05 Å². The smallest absolute Gasteiger partial charge is 0.0709 e. The Hall–Kier alpha value is -1.93. The molecule has 3 rings (SSSR count). The normalized spacial score (nSPS) is 9.88. The van der Waals surface area contributed by atoms with E-state index in [1.165, 1.54) is 17.8 Å². The van der Waals surface area contributed by atoms with Crippen LogP contribution >= 0.6 is 0 Å². The Balaban J connectivity index is 0.000000457. The lowest BCUT2D eigenvalue weighted by Gasteiger charge is -1.99. The lowest BCUT2D eigenvalue weighted by Crippen LogP contribution is -1.80. The summed E-state index contributed by atoms with van der Waals surface area (Å²) in [5.74, 6) is 0. The Morgan fingerprint density at radius 1 is 0.750 bits per heavy atom. The van der Waals surface area contributed by atoms with E-state index in [1.54, 1.807) is 0 Å². The summed E-state index contributed by atoms with van der Waals surface area (Å²) in [6.45, 7) is 0.